The molecule has 0 radical (unpaired) electrons. The molecule has 0 unspecified atom stereocenters. The second kappa shape index (κ2) is 6.38. The molecule has 0 spiro atoms. The summed E-state index contributed by atoms with van der Waals surface area (Å²) in [6.45, 7) is 2.28. The highest BCUT2D eigenvalue weighted by Crippen LogP contribution is 2.23. The normalized spacial score (nSPS) is 9.75. The van der Waals surface area contributed by atoms with Gasteiger partial charge in [-0.2, -0.15) is 0 Å². The van der Waals surface area contributed by atoms with E-state index in [1.807, 2.05) is 42.6 Å². The molecule has 3 nitrogen and oxygen atoms in total. The van der Waals surface area contributed by atoms with E-state index in [1.54, 1.807) is 11.9 Å². The van der Waals surface area contributed by atoms with Gasteiger partial charge in [0.15, 0.2) is 0 Å². The maximum absolute atomic E-state index is 12.6. The second-order valence-electron chi connectivity index (χ2n) is 4.32. The van der Waals surface area contributed by atoms with Crippen molar-refractivity contribution in [1.29, 1.82) is 0 Å². The van der Waals surface area contributed by atoms with Gasteiger partial charge < -0.3 is 10.6 Å². The summed E-state index contributed by atoms with van der Waals surface area (Å²) in [5, 5.41) is 1.87. The number of amides is 1. The highest BCUT2D eigenvalue weighted by Gasteiger charge is 2.18. The van der Waals surface area contributed by atoms with Crippen LogP contribution >= 0.6 is 11.3 Å². The number of carbonyl (C=O) groups excluding carboxylic acids is 1. The molecule has 0 saturated carbocycles. The van der Waals surface area contributed by atoms with Gasteiger partial charge in [-0.3, -0.25) is 4.79 Å². The third-order valence-electron chi connectivity index (χ3n) is 2.97. The molecule has 0 saturated heterocycles. The standard InChI is InChI=1S/C16H16N2OS/c1-12-6-3-4-8-14(12)18(2)16(19)15-13(7-5-10-17)9-11-20-15/h3-4,6,8-9,11H,10,17H2,1-2H3. The van der Waals surface area contributed by atoms with Crippen LogP contribution in [-0.2, 0) is 0 Å². The first kappa shape index (κ1) is 14.3. The van der Waals surface area contributed by atoms with Gasteiger partial charge >= 0.3 is 0 Å². The monoisotopic (exact) mass is 284 g/mol. The SMILES string of the molecule is Cc1ccccc1N(C)C(=O)c1sccc1C#CCN. The van der Waals surface area contributed by atoms with E-state index in [9.17, 15) is 4.79 Å². The van der Waals surface area contributed by atoms with Gasteiger partial charge in [0.25, 0.3) is 5.91 Å². The van der Waals surface area contributed by atoms with Crippen LogP contribution in [0.1, 0.15) is 20.8 Å². The molecule has 4 heteroatoms. The van der Waals surface area contributed by atoms with E-state index in [4.69, 9.17) is 5.73 Å². The van der Waals surface area contributed by atoms with Gasteiger partial charge in [0.05, 0.1) is 6.54 Å². The van der Waals surface area contributed by atoms with Crippen LogP contribution in [0.4, 0.5) is 5.69 Å². The number of thiophene rings is 1. The lowest BCUT2D eigenvalue weighted by atomic mass is 10.1. The third-order valence-corrected chi connectivity index (χ3v) is 3.87. The summed E-state index contributed by atoms with van der Waals surface area (Å²) in [6, 6.07) is 9.66. The summed E-state index contributed by atoms with van der Waals surface area (Å²) in [5.74, 6) is 5.69. The summed E-state index contributed by atoms with van der Waals surface area (Å²) < 4.78 is 0. The van der Waals surface area contributed by atoms with Crippen LogP contribution < -0.4 is 10.6 Å². The van der Waals surface area contributed by atoms with Crippen molar-refractivity contribution in [2.75, 3.05) is 18.5 Å². The number of hydrogen-bond acceptors (Lipinski definition) is 3. The molecular formula is C16H16N2OS. The Labute approximate surface area is 123 Å². The Morgan fingerprint density at radius 2 is 2.10 bits per heavy atom. The Morgan fingerprint density at radius 3 is 2.80 bits per heavy atom. The number of anilines is 1. The van der Waals surface area contributed by atoms with E-state index < -0.39 is 0 Å². The van der Waals surface area contributed by atoms with E-state index in [0.29, 0.717) is 4.88 Å². The fraction of sp³-hybridized carbons (Fsp3) is 0.188. The average Bonchev–Trinajstić information content (AvgIpc) is 2.92. The van der Waals surface area contributed by atoms with E-state index in [0.717, 1.165) is 16.8 Å². The predicted octanol–water partition coefficient (Wildman–Crippen LogP) is 2.64. The van der Waals surface area contributed by atoms with E-state index in [1.165, 1.54) is 11.3 Å². The molecule has 2 aromatic rings. The van der Waals surface area contributed by atoms with Crippen molar-refractivity contribution in [3.63, 3.8) is 0 Å². The van der Waals surface area contributed by atoms with Gasteiger partial charge in [0.1, 0.15) is 4.88 Å². The molecule has 20 heavy (non-hydrogen) atoms. The maximum atomic E-state index is 12.6. The molecule has 0 aliphatic carbocycles. The molecule has 1 heterocycles. The molecule has 0 bridgehead atoms. The van der Waals surface area contributed by atoms with Gasteiger partial charge in [-0.05, 0) is 30.0 Å². The minimum atomic E-state index is -0.0457. The van der Waals surface area contributed by atoms with Gasteiger partial charge in [-0.1, -0.05) is 30.0 Å². The van der Waals surface area contributed by atoms with Crippen molar-refractivity contribution in [2.45, 2.75) is 6.92 Å². The third kappa shape index (κ3) is 2.90. The fourth-order valence-corrected chi connectivity index (χ4v) is 2.75. The second-order valence-corrected chi connectivity index (χ2v) is 5.24. The highest BCUT2D eigenvalue weighted by atomic mass is 32.1. The number of benzene rings is 1. The summed E-state index contributed by atoms with van der Waals surface area (Å²) in [5.41, 5.74) is 8.09. The lowest BCUT2D eigenvalue weighted by Gasteiger charge is -2.19. The van der Waals surface area contributed by atoms with Gasteiger partial charge in [0.2, 0.25) is 0 Å². The molecule has 0 aliphatic heterocycles. The van der Waals surface area contributed by atoms with Crippen LogP contribution in [-0.4, -0.2) is 19.5 Å². The molecule has 0 fully saturated rings. The number of para-hydroxylation sites is 1. The first-order chi connectivity index (χ1) is 9.65. The van der Waals surface area contributed by atoms with E-state index in [-0.39, 0.29) is 12.5 Å². The first-order valence-electron chi connectivity index (χ1n) is 6.25. The Balaban J connectivity index is 2.33. The number of nitrogens with zero attached hydrogens (tertiary/aromatic N) is 1. The Hall–Kier alpha value is -2.09. The summed E-state index contributed by atoms with van der Waals surface area (Å²) >= 11 is 1.40. The average molecular weight is 284 g/mol. The number of nitrogens with two attached hydrogens (primary N) is 1. The smallest absolute Gasteiger partial charge is 0.269 e. The quantitative estimate of drug-likeness (QED) is 0.862. The van der Waals surface area contributed by atoms with Crippen molar-refractivity contribution >= 4 is 22.9 Å². The first-order valence-corrected chi connectivity index (χ1v) is 7.13. The minimum absolute atomic E-state index is 0.0457. The van der Waals surface area contributed by atoms with Crippen LogP contribution in [0.3, 0.4) is 0 Å². The van der Waals surface area contributed by atoms with Crippen molar-refractivity contribution < 1.29 is 4.79 Å². The zero-order valence-electron chi connectivity index (χ0n) is 11.5. The Bertz CT molecular complexity index is 679. The van der Waals surface area contributed by atoms with Crippen molar-refractivity contribution in [3.05, 3.63) is 51.7 Å². The molecule has 1 aromatic carbocycles. The lowest BCUT2D eigenvalue weighted by molar-refractivity contribution is 0.0996. The van der Waals surface area contributed by atoms with Crippen LogP contribution in [0, 0.1) is 18.8 Å². The zero-order valence-corrected chi connectivity index (χ0v) is 12.3. The Kier molecular flexibility index (Phi) is 4.57. The van der Waals surface area contributed by atoms with Crippen LogP contribution in [0.25, 0.3) is 0 Å². The largest absolute Gasteiger partial charge is 0.320 e. The van der Waals surface area contributed by atoms with Crippen molar-refractivity contribution in [1.82, 2.24) is 0 Å². The highest BCUT2D eigenvalue weighted by molar-refractivity contribution is 7.12. The van der Waals surface area contributed by atoms with Crippen molar-refractivity contribution in [3.8, 4) is 11.8 Å². The topological polar surface area (TPSA) is 46.3 Å². The fourth-order valence-electron chi connectivity index (χ4n) is 1.92. The van der Waals surface area contributed by atoms with E-state index >= 15 is 0 Å². The number of hydrogen-bond donors (Lipinski definition) is 1. The molecule has 2 N–H and O–H groups in total. The molecule has 102 valence electrons. The molecule has 2 rings (SSSR count). The van der Waals surface area contributed by atoms with Gasteiger partial charge in [-0.25, -0.2) is 0 Å². The summed E-state index contributed by atoms with van der Waals surface area (Å²) in [4.78, 5) is 14.9. The molecule has 1 aromatic heterocycles. The summed E-state index contributed by atoms with van der Waals surface area (Å²) in [7, 11) is 1.78. The van der Waals surface area contributed by atoms with Gasteiger partial charge in [0, 0.05) is 18.3 Å². The molecule has 0 aliphatic rings. The summed E-state index contributed by atoms with van der Waals surface area (Å²) in [6.07, 6.45) is 0. The number of rotatable bonds is 2. The van der Waals surface area contributed by atoms with E-state index in [2.05, 4.69) is 11.8 Å². The maximum Gasteiger partial charge on any atom is 0.269 e. The lowest BCUT2D eigenvalue weighted by Crippen LogP contribution is -2.26. The number of carbonyl (C=O) groups is 1. The van der Waals surface area contributed by atoms with Gasteiger partial charge in [-0.15, -0.1) is 11.3 Å². The van der Waals surface area contributed by atoms with Crippen LogP contribution in [0.15, 0.2) is 35.7 Å². The van der Waals surface area contributed by atoms with Crippen LogP contribution in [0.5, 0.6) is 0 Å². The van der Waals surface area contributed by atoms with Crippen molar-refractivity contribution in [2.24, 2.45) is 5.73 Å². The molecule has 0 atom stereocenters. The molecular weight excluding hydrogens is 268 g/mol. The number of aryl methyl sites for hydroxylation is 1. The molecule has 1 amide bonds. The zero-order chi connectivity index (χ0) is 14.5. The predicted molar refractivity (Wildman–Crippen MR) is 84.2 cm³/mol. The minimum Gasteiger partial charge on any atom is -0.320 e. The Morgan fingerprint density at radius 1 is 1.35 bits per heavy atom. The van der Waals surface area contributed by atoms with Crippen LogP contribution in [0.2, 0.25) is 0 Å².